The van der Waals surface area contributed by atoms with Gasteiger partial charge >= 0.3 is 5.97 Å². The van der Waals surface area contributed by atoms with Crippen molar-refractivity contribution >= 4 is 11.7 Å². The molecule has 0 saturated heterocycles. The fourth-order valence-electron chi connectivity index (χ4n) is 3.61. The molecule has 3 rings (SSSR count). The standard InChI is InChI=1S/C17H23NO2/c18-14-9-10-15-13(11-14)7-4-6-12-5-2-1-3-8-16(12)20-17(15)19/h9-12,16H,1-8,18H2. The van der Waals surface area contributed by atoms with Gasteiger partial charge in [-0.2, -0.15) is 0 Å². The smallest absolute Gasteiger partial charge is 0.338 e. The Hall–Kier alpha value is -1.51. The molecule has 0 spiro atoms. The Morgan fingerprint density at radius 3 is 2.75 bits per heavy atom. The minimum Gasteiger partial charge on any atom is -0.458 e. The van der Waals surface area contributed by atoms with E-state index in [0.717, 1.165) is 36.9 Å². The summed E-state index contributed by atoms with van der Waals surface area (Å²) in [7, 11) is 0. The number of carbonyl (C=O) groups excluding carboxylic acids is 1. The van der Waals surface area contributed by atoms with E-state index >= 15 is 0 Å². The molecule has 2 unspecified atom stereocenters. The number of esters is 1. The van der Waals surface area contributed by atoms with Crippen LogP contribution in [0, 0.1) is 5.92 Å². The fourth-order valence-corrected chi connectivity index (χ4v) is 3.61. The molecular formula is C17H23NO2. The maximum Gasteiger partial charge on any atom is 0.338 e. The van der Waals surface area contributed by atoms with E-state index in [0.29, 0.717) is 11.5 Å². The number of benzene rings is 1. The highest BCUT2D eigenvalue weighted by atomic mass is 16.5. The molecule has 0 amide bonds. The first-order valence-corrected chi connectivity index (χ1v) is 7.83. The van der Waals surface area contributed by atoms with Gasteiger partial charge in [0.2, 0.25) is 0 Å². The van der Waals surface area contributed by atoms with E-state index in [1.165, 1.54) is 25.7 Å². The number of carbonyl (C=O) groups is 1. The van der Waals surface area contributed by atoms with Gasteiger partial charge in [0.25, 0.3) is 0 Å². The van der Waals surface area contributed by atoms with Crippen molar-refractivity contribution < 1.29 is 9.53 Å². The average Bonchev–Trinajstić information content (AvgIpc) is 2.61. The van der Waals surface area contributed by atoms with Crippen LogP contribution in [-0.2, 0) is 11.2 Å². The summed E-state index contributed by atoms with van der Waals surface area (Å²) in [6.45, 7) is 0. The van der Waals surface area contributed by atoms with Gasteiger partial charge in [-0.15, -0.1) is 0 Å². The summed E-state index contributed by atoms with van der Waals surface area (Å²) in [5, 5.41) is 0. The number of hydrogen-bond acceptors (Lipinski definition) is 3. The summed E-state index contributed by atoms with van der Waals surface area (Å²) in [6, 6.07) is 5.55. The van der Waals surface area contributed by atoms with Gasteiger partial charge in [-0.3, -0.25) is 0 Å². The highest BCUT2D eigenvalue weighted by Gasteiger charge is 2.29. The summed E-state index contributed by atoms with van der Waals surface area (Å²) >= 11 is 0. The van der Waals surface area contributed by atoms with E-state index in [1.807, 2.05) is 12.1 Å². The molecule has 2 aliphatic rings. The fraction of sp³-hybridized carbons (Fsp3) is 0.588. The Morgan fingerprint density at radius 2 is 1.85 bits per heavy atom. The lowest BCUT2D eigenvalue weighted by Gasteiger charge is -2.24. The number of ether oxygens (including phenoxy) is 1. The summed E-state index contributed by atoms with van der Waals surface area (Å²) in [4.78, 5) is 12.4. The van der Waals surface area contributed by atoms with Gasteiger partial charge in [-0.05, 0) is 68.2 Å². The molecule has 0 aromatic heterocycles. The number of rotatable bonds is 0. The second-order valence-electron chi connectivity index (χ2n) is 6.15. The number of anilines is 1. The van der Waals surface area contributed by atoms with Crippen LogP contribution in [0.15, 0.2) is 18.2 Å². The number of hydrogen-bond donors (Lipinski definition) is 1. The molecule has 1 heterocycles. The van der Waals surface area contributed by atoms with Crippen molar-refractivity contribution in [2.24, 2.45) is 5.92 Å². The Labute approximate surface area is 120 Å². The molecule has 1 aromatic rings. The van der Waals surface area contributed by atoms with Crippen LogP contribution in [0.3, 0.4) is 0 Å². The third-order valence-corrected chi connectivity index (χ3v) is 4.72. The van der Waals surface area contributed by atoms with E-state index in [-0.39, 0.29) is 12.1 Å². The quantitative estimate of drug-likeness (QED) is 0.579. The van der Waals surface area contributed by atoms with Crippen LogP contribution in [0.2, 0.25) is 0 Å². The first kappa shape index (κ1) is 13.5. The predicted octanol–water partition coefficient (Wildman–Crippen LogP) is 3.71. The zero-order chi connectivity index (χ0) is 13.9. The van der Waals surface area contributed by atoms with Crippen molar-refractivity contribution in [2.45, 2.75) is 57.5 Å². The number of aryl methyl sites for hydroxylation is 1. The van der Waals surface area contributed by atoms with E-state index in [2.05, 4.69) is 0 Å². The van der Waals surface area contributed by atoms with Crippen molar-refractivity contribution in [2.75, 3.05) is 5.73 Å². The monoisotopic (exact) mass is 273 g/mol. The normalized spacial score (nSPS) is 27.1. The van der Waals surface area contributed by atoms with Crippen LogP contribution in [0.1, 0.15) is 60.9 Å². The lowest BCUT2D eigenvalue weighted by molar-refractivity contribution is 0.0107. The zero-order valence-corrected chi connectivity index (χ0v) is 11.9. The summed E-state index contributed by atoms with van der Waals surface area (Å²) < 4.78 is 5.84. The predicted molar refractivity (Wildman–Crippen MR) is 79.6 cm³/mol. The lowest BCUT2D eigenvalue weighted by Crippen LogP contribution is -2.25. The SMILES string of the molecule is Nc1ccc2c(c1)CCCC1CCCCCC1OC2=O. The van der Waals surface area contributed by atoms with E-state index < -0.39 is 0 Å². The van der Waals surface area contributed by atoms with E-state index in [4.69, 9.17) is 10.5 Å². The van der Waals surface area contributed by atoms with Crippen LogP contribution in [0.4, 0.5) is 5.69 Å². The largest absolute Gasteiger partial charge is 0.458 e. The van der Waals surface area contributed by atoms with Crippen molar-refractivity contribution in [1.29, 1.82) is 0 Å². The Bertz CT molecular complexity index is 498. The average molecular weight is 273 g/mol. The number of fused-ring (bicyclic) bond motifs is 2. The number of nitrogens with two attached hydrogens (primary N) is 1. The van der Waals surface area contributed by atoms with E-state index in [9.17, 15) is 4.79 Å². The third kappa shape index (κ3) is 2.82. The van der Waals surface area contributed by atoms with Gasteiger partial charge in [0.05, 0.1) is 5.56 Å². The van der Waals surface area contributed by atoms with Gasteiger partial charge < -0.3 is 10.5 Å². The molecule has 2 N–H and O–H groups in total. The van der Waals surface area contributed by atoms with Crippen molar-refractivity contribution in [3.8, 4) is 0 Å². The summed E-state index contributed by atoms with van der Waals surface area (Å²) in [6.07, 6.45) is 9.30. The molecule has 108 valence electrons. The van der Waals surface area contributed by atoms with Crippen LogP contribution in [0.5, 0.6) is 0 Å². The second kappa shape index (κ2) is 5.86. The molecule has 20 heavy (non-hydrogen) atoms. The lowest BCUT2D eigenvalue weighted by atomic mass is 9.91. The Kier molecular flexibility index (Phi) is 3.95. The third-order valence-electron chi connectivity index (χ3n) is 4.72. The first-order valence-electron chi connectivity index (χ1n) is 7.83. The molecule has 0 bridgehead atoms. The molecular weight excluding hydrogens is 250 g/mol. The van der Waals surface area contributed by atoms with Crippen molar-refractivity contribution in [3.05, 3.63) is 29.3 Å². The van der Waals surface area contributed by atoms with Crippen LogP contribution in [0.25, 0.3) is 0 Å². The van der Waals surface area contributed by atoms with Gasteiger partial charge in [0, 0.05) is 5.69 Å². The molecule has 2 atom stereocenters. The Morgan fingerprint density at radius 1 is 1.05 bits per heavy atom. The maximum atomic E-state index is 12.4. The molecule has 0 radical (unpaired) electrons. The minimum absolute atomic E-state index is 0.119. The highest BCUT2D eigenvalue weighted by molar-refractivity contribution is 5.91. The van der Waals surface area contributed by atoms with Crippen LogP contribution < -0.4 is 5.73 Å². The highest BCUT2D eigenvalue weighted by Crippen LogP contribution is 2.32. The molecule has 1 aromatic carbocycles. The number of nitrogen functional groups attached to an aromatic ring is 1. The van der Waals surface area contributed by atoms with Gasteiger partial charge in [-0.1, -0.05) is 12.8 Å². The van der Waals surface area contributed by atoms with Crippen molar-refractivity contribution in [1.82, 2.24) is 0 Å². The Balaban J connectivity index is 1.88. The van der Waals surface area contributed by atoms with Crippen molar-refractivity contribution in [3.63, 3.8) is 0 Å². The topological polar surface area (TPSA) is 52.3 Å². The minimum atomic E-state index is -0.154. The molecule has 3 nitrogen and oxygen atoms in total. The van der Waals surface area contributed by atoms with Crippen LogP contribution >= 0.6 is 0 Å². The zero-order valence-electron chi connectivity index (χ0n) is 11.9. The van der Waals surface area contributed by atoms with E-state index in [1.54, 1.807) is 6.07 Å². The van der Waals surface area contributed by atoms with Gasteiger partial charge in [-0.25, -0.2) is 4.79 Å². The molecule has 3 heteroatoms. The molecule has 1 aliphatic heterocycles. The molecule has 1 saturated carbocycles. The van der Waals surface area contributed by atoms with Gasteiger partial charge in [0.15, 0.2) is 0 Å². The maximum absolute atomic E-state index is 12.4. The van der Waals surface area contributed by atoms with Gasteiger partial charge in [0.1, 0.15) is 6.10 Å². The summed E-state index contributed by atoms with van der Waals surface area (Å²) in [5.41, 5.74) is 8.33. The second-order valence-corrected chi connectivity index (χ2v) is 6.15. The molecule has 1 fully saturated rings. The van der Waals surface area contributed by atoms with Crippen LogP contribution in [-0.4, -0.2) is 12.1 Å². The first-order chi connectivity index (χ1) is 9.74. The summed E-state index contributed by atoms with van der Waals surface area (Å²) in [5.74, 6) is 0.395. The molecule has 1 aliphatic carbocycles.